The van der Waals surface area contributed by atoms with Crippen LogP contribution in [0.5, 0.6) is 0 Å². The SMILES string of the molecule is CC(=O)OC1([N+]2(C(C)(C)C)C=CN=CC2)CCCCC1. The number of rotatable bonds is 2. The van der Waals surface area contributed by atoms with Crippen LogP contribution in [0.15, 0.2) is 17.4 Å². The Labute approximate surface area is 122 Å². The predicted octanol–water partition coefficient (Wildman–Crippen LogP) is 3.38. The summed E-state index contributed by atoms with van der Waals surface area (Å²) >= 11 is 0. The van der Waals surface area contributed by atoms with E-state index in [4.69, 9.17) is 4.74 Å². The lowest BCUT2D eigenvalue weighted by molar-refractivity contribution is -0.988. The second-order valence-electron chi connectivity index (χ2n) is 6.95. The van der Waals surface area contributed by atoms with Gasteiger partial charge in [0.25, 0.3) is 5.72 Å². The number of hydrogen-bond acceptors (Lipinski definition) is 3. The first-order valence-corrected chi connectivity index (χ1v) is 7.60. The summed E-state index contributed by atoms with van der Waals surface area (Å²) in [5.74, 6) is -0.176. The van der Waals surface area contributed by atoms with Crippen molar-refractivity contribution in [3.8, 4) is 0 Å². The van der Waals surface area contributed by atoms with Crippen molar-refractivity contribution in [1.29, 1.82) is 0 Å². The Balaban J connectivity index is 2.49. The van der Waals surface area contributed by atoms with Gasteiger partial charge < -0.3 is 4.74 Å². The molecular formula is C16H27N2O2+. The fourth-order valence-electron chi connectivity index (χ4n) is 3.82. The van der Waals surface area contributed by atoms with Gasteiger partial charge >= 0.3 is 5.97 Å². The molecule has 0 aromatic rings. The van der Waals surface area contributed by atoms with Gasteiger partial charge in [0, 0.05) is 19.8 Å². The minimum atomic E-state index is -0.439. The lowest BCUT2D eigenvalue weighted by Crippen LogP contribution is -2.72. The summed E-state index contributed by atoms with van der Waals surface area (Å²) in [5, 5.41) is 0. The van der Waals surface area contributed by atoms with Crippen LogP contribution in [0.2, 0.25) is 0 Å². The van der Waals surface area contributed by atoms with Crippen molar-refractivity contribution in [3.05, 3.63) is 12.4 Å². The van der Waals surface area contributed by atoms with Crippen molar-refractivity contribution in [3.63, 3.8) is 0 Å². The van der Waals surface area contributed by atoms with Crippen LogP contribution < -0.4 is 0 Å². The molecule has 2 rings (SSSR count). The summed E-state index contributed by atoms with van der Waals surface area (Å²) in [5.41, 5.74) is -0.485. The van der Waals surface area contributed by atoms with Crippen molar-refractivity contribution >= 4 is 12.2 Å². The summed E-state index contributed by atoms with van der Waals surface area (Å²) in [6, 6.07) is 0. The summed E-state index contributed by atoms with van der Waals surface area (Å²) in [6.07, 6.45) is 11.3. The average Bonchev–Trinajstić information content (AvgIpc) is 2.38. The molecule has 4 nitrogen and oxygen atoms in total. The molecule has 1 atom stereocenters. The average molecular weight is 279 g/mol. The molecule has 1 aliphatic heterocycles. The topological polar surface area (TPSA) is 38.7 Å². The Bertz CT molecular complexity index is 428. The van der Waals surface area contributed by atoms with Gasteiger partial charge in [0.2, 0.25) is 0 Å². The third-order valence-corrected chi connectivity index (χ3v) is 4.78. The lowest BCUT2D eigenvalue weighted by Gasteiger charge is -2.57. The van der Waals surface area contributed by atoms with E-state index in [2.05, 4.69) is 32.0 Å². The zero-order valence-electron chi connectivity index (χ0n) is 13.2. The minimum absolute atomic E-state index is 0.0459. The highest BCUT2D eigenvalue weighted by atomic mass is 16.6. The molecule has 4 heteroatoms. The molecule has 0 bridgehead atoms. The van der Waals surface area contributed by atoms with E-state index in [1.165, 1.54) is 13.3 Å². The summed E-state index contributed by atoms with van der Waals surface area (Å²) in [6.45, 7) is 8.97. The molecule has 1 fully saturated rings. The Morgan fingerprint density at radius 2 is 1.90 bits per heavy atom. The molecule has 0 radical (unpaired) electrons. The first-order valence-electron chi connectivity index (χ1n) is 7.60. The van der Waals surface area contributed by atoms with Gasteiger partial charge in [-0.3, -0.25) is 9.79 Å². The molecule has 1 saturated carbocycles. The molecule has 0 saturated heterocycles. The molecule has 1 aliphatic carbocycles. The van der Waals surface area contributed by atoms with Crippen molar-refractivity contribution in [2.75, 3.05) is 6.54 Å². The fraction of sp³-hybridized carbons (Fsp3) is 0.750. The number of hydrogen-bond donors (Lipinski definition) is 0. The highest BCUT2D eigenvalue weighted by Crippen LogP contribution is 2.46. The van der Waals surface area contributed by atoms with E-state index in [9.17, 15) is 4.79 Å². The normalized spacial score (nSPS) is 29.2. The van der Waals surface area contributed by atoms with Gasteiger partial charge in [-0.1, -0.05) is 6.42 Å². The highest BCUT2D eigenvalue weighted by molar-refractivity contribution is 5.66. The Hall–Kier alpha value is -1.16. The van der Waals surface area contributed by atoms with Crippen LogP contribution in [0.4, 0.5) is 0 Å². The molecule has 0 aromatic heterocycles. The van der Waals surface area contributed by atoms with E-state index in [1.807, 2.05) is 12.4 Å². The molecule has 0 amide bonds. The van der Waals surface area contributed by atoms with Gasteiger partial charge in [-0.15, -0.1) is 0 Å². The Morgan fingerprint density at radius 1 is 1.25 bits per heavy atom. The maximum Gasteiger partial charge on any atom is 0.307 e. The highest BCUT2D eigenvalue weighted by Gasteiger charge is 2.59. The standard InChI is InChI=1S/C16H27N2O2/c1-14(19)20-16(8-6-5-7-9-16)18(15(2,3)4)12-10-17-11-13-18/h10-12H,5-9,13H2,1-4H3/q+1. The zero-order chi connectivity index (χ0) is 14.9. The van der Waals surface area contributed by atoms with Gasteiger partial charge in [0.1, 0.15) is 12.7 Å². The number of carbonyl (C=O) groups is 1. The Kier molecular flexibility index (Phi) is 4.05. The number of esters is 1. The monoisotopic (exact) mass is 279 g/mol. The fourth-order valence-corrected chi connectivity index (χ4v) is 3.82. The second-order valence-corrected chi connectivity index (χ2v) is 6.95. The van der Waals surface area contributed by atoms with E-state index in [-0.39, 0.29) is 11.5 Å². The van der Waals surface area contributed by atoms with Gasteiger partial charge in [-0.05, 0) is 33.6 Å². The molecule has 0 aromatic carbocycles. The summed E-state index contributed by atoms with van der Waals surface area (Å²) in [4.78, 5) is 16.0. The molecular weight excluding hydrogens is 252 g/mol. The van der Waals surface area contributed by atoms with Crippen LogP contribution >= 0.6 is 0 Å². The maximum atomic E-state index is 11.7. The number of carbonyl (C=O) groups excluding carboxylic acids is 1. The third kappa shape index (κ3) is 2.41. The third-order valence-electron chi connectivity index (χ3n) is 4.78. The van der Waals surface area contributed by atoms with E-state index in [0.717, 1.165) is 32.2 Å². The van der Waals surface area contributed by atoms with Gasteiger partial charge in [-0.2, -0.15) is 0 Å². The summed E-state index contributed by atoms with van der Waals surface area (Å²) in [7, 11) is 0. The maximum absolute atomic E-state index is 11.7. The first-order chi connectivity index (χ1) is 9.33. The molecule has 1 unspecified atom stereocenters. The van der Waals surface area contributed by atoms with Crippen molar-refractivity contribution < 1.29 is 14.0 Å². The van der Waals surface area contributed by atoms with Gasteiger partial charge in [-0.25, -0.2) is 4.48 Å². The van der Waals surface area contributed by atoms with Crippen molar-refractivity contribution in [1.82, 2.24) is 0 Å². The lowest BCUT2D eigenvalue weighted by atomic mass is 9.83. The second kappa shape index (κ2) is 5.32. The number of nitrogens with zero attached hydrogens (tertiary/aromatic N) is 2. The largest absolute Gasteiger partial charge is 0.410 e. The van der Waals surface area contributed by atoms with Crippen LogP contribution in [0, 0.1) is 0 Å². The molecule has 0 N–H and O–H groups in total. The van der Waals surface area contributed by atoms with Crippen LogP contribution in [0.25, 0.3) is 0 Å². The number of quaternary nitrogens is 1. The van der Waals surface area contributed by atoms with Crippen LogP contribution in [-0.4, -0.2) is 34.5 Å². The molecule has 20 heavy (non-hydrogen) atoms. The number of aliphatic imine (C=N–C) groups is 1. The molecule has 112 valence electrons. The number of ether oxygens (including phenoxy) is 1. The van der Waals surface area contributed by atoms with E-state index in [0.29, 0.717) is 4.48 Å². The van der Waals surface area contributed by atoms with Crippen LogP contribution in [0.3, 0.4) is 0 Å². The predicted molar refractivity (Wildman–Crippen MR) is 80.1 cm³/mol. The molecule has 2 aliphatic rings. The van der Waals surface area contributed by atoms with Crippen LogP contribution in [0.1, 0.15) is 59.8 Å². The van der Waals surface area contributed by atoms with Gasteiger partial charge in [0.15, 0.2) is 0 Å². The Morgan fingerprint density at radius 3 is 2.35 bits per heavy atom. The quantitative estimate of drug-likeness (QED) is 0.574. The first kappa shape index (κ1) is 15.2. The van der Waals surface area contributed by atoms with Crippen molar-refractivity contribution in [2.24, 2.45) is 4.99 Å². The van der Waals surface area contributed by atoms with E-state index in [1.54, 1.807) is 0 Å². The zero-order valence-corrected chi connectivity index (χ0v) is 13.2. The molecule has 0 spiro atoms. The van der Waals surface area contributed by atoms with Gasteiger partial charge in [0.05, 0.1) is 18.0 Å². The molecule has 1 heterocycles. The van der Waals surface area contributed by atoms with Crippen LogP contribution in [-0.2, 0) is 9.53 Å². The van der Waals surface area contributed by atoms with E-state index < -0.39 is 5.72 Å². The van der Waals surface area contributed by atoms with Crippen molar-refractivity contribution in [2.45, 2.75) is 71.1 Å². The van der Waals surface area contributed by atoms with E-state index >= 15 is 0 Å². The summed E-state index contributed by atoms with van der Waals surface area (Å²) < 4.78 is 6.62. The minimum Gasteiger partial charge on any atom is -0.410 e. The smallest absolute Gasteiger partial charge is 0.307 e.